The SMILES string of the molecule is CCC(=O)NCc1cc(S(=O)(=O)NC2CCNC(C)C2)ccc1OC. The first-order valence-corrected chi connectivity index (χ1v) is 10.0. The van der Waals surface area contributed by atoms with Gasteiger partial charge < -0.3 is 15.4 Å². The van der Waals surface area contributed by atoms with Crippen LogP contribution in [0.2, 0.25) is 0 Å². The molecular weight excluding hydrogens is 342 g/mol. The van der Waals surface area contributed by atoms with Gasteiger partial charge in [0.15, 0.2) is 0 Å². The number of nitrogens with one attached hydrogen (secondary N) is 3. The van der Waals surface area contributed by atoms with E-state index in [0.717, 1.165) is 19.4 Å². The Kier molecular flexibility index (Phi) is 6.80. The third-order valence-electron chi connectivity index (χ3n) is 4.30. The Morgan fingerprint density at radius 2 is 2.16 bits per heavy atom. The van der Waals surface area contributed by atoms with Crippen molar-refractivity contribution in [3.05, 3.63) is 23.8 Å². The summed E-state index contributed by atoms with van der Waals surface area (Å²) < 4.78 is 33.4. The number of rotatable bonds is 7. The van der Waals surface area contributed by atoms with Gasteiger partial charge in [-0.1, -0.05) is 6.92 Å². The van der Waals surface area contributed by atoms with Gasteiger partial charge in [0.25, 0.3) is 0 Å². The van der Waals surface area contributed by atoms with Crippen molar-refractivity contribution in [2.45, 2.75) is 56.6 Å². The molecule has 25 heavy (non-hydrogen) atoms. The van der Waals surface area contributed by atoms with E-state index in [2.05, 4.69) is 15.4 Å². The maximum absolute atomic E-state index is 12.7. The van der Waals surface area contributed by atoms with Crippen molar-refractivity contribution < 1.29 is 17.9 Å². The van der Waals surface area contributed by atoms with Crippen molar-refractivity contribution in [3.63, 3.8) is 0 Å². The molecule has 1 saturated heterocycles. The molecule has 2 rings (SSSR count). The van der Waals surface area contributed by atoms with E-state index in [1.54, 1.807) is 19.1 Å². The molecule has 8 heteroatoms. The van der Waals surface area contributed by atoms with Crippen LogP contribution in [0.5, 0.6) is 5.75 Å². The highest BCUT2D eigenvalue weighted by molar-refractivity contribution is 7.89. The summed E-state index contributed by atoms with van der Waals surface area (Å²) in [5.74, 6) is 0.447. The first-order valence-electron chi connectivity index (χ1n) is 8.55. The van der Waals surface area contributed by atoms with Crippen molar-refractivity contribution in [1.82, 2.24) is 15.4 Å². The molecule has 1 aromatic carbocycles. The average molecular weight is 369 g/mol. The average Bonchev–Trinajstić information content (AvgIpc) is 2.58. The number of carbonyl (C=O) groups is 1. The van der Waals surface area contributed by atoms with E-state index in [1.165, 1.54) is 13.2 Å². The number of piperidine rings is 1. The minimum atomic E-state index is -3.62. The number of methoxy groups -OCH3 is 1. The van der Waals surface area contributed by atoms with Gasteiger partial charge in [0.2, 0.25) is 15.9 Å². The van der Waals surface area contributed by atoms with E-state index in [0.29, 0.717) is 17.7 Å². The fraction of sp³-hybridized carbons (Fsp3) is 0.588. The smallest absolute Gasteiger partial charge is 0.240 e. The van der Waals surface area contributed by atoms with Gasteiger partial charge in [-0.05, 0) is 44.5 Å². The highest BCUT2D eigenvalue weighted by Gasteiger charge is 2.25. The molecule has 0 aromatic heterocycles. The Balaban J connectivity index is 2.17. The Hall–Kier alpha value is -1.64. The number of benzene rings is 1. The van der Waals surface area contributed by atoms with Gasteiger partial charge in [-0.15, -0.1) is 0 Å². The number of hydrogen-bond donors (Lipinski definition) is 3. The van der Waals surface area contributed by atoms with Crippen molar-refractivity contribution in [3.8, 4) is 5.75 Å². The molecule has 7 nitrogen and oxygen atoms in total. The molecule has 0 bridgehead atoms. The van der Waals surface area contributed by atoms with Crippen LogP contribution in [0, 0.1) is 0 Å². The lowest BCUT2D eigenvalue weighted by Gasteiger charge is -2.28. The third-order valence-corrected chi connectivity index (χ3v) is 5.82. The molecule has 3 N–H and O–H groups in total. The molecule has 2 unspecified atom stereocenters. The van der Waals surface area contributed by atoms with Crippen molar-refractivity contribution in [1.29, 1.82) is 0 Å². The van der Waals surface area contributed by atoms with Crippen LogP contribution in [0.4, 0.5) is 0 Å². The number of sulfonamides is 1. The van der Waals surface area contributed by atoms with Gasteiger partial charge in [-0.25, -0.2) is 13.1 Å². The first-order chi connectivity index (χ1) is 11.9. The fourth-order valence-electron chi connectivity index (χ4n) is 2.91. The van der Waals surface area contributed by atoms with E-state index in [1.807, 2.05) is 6.92 Å². The number of carbonyl (C=O) groups excluding carboxylic acids is 1. The van der Waals surface area contributed by atoms with Crippen LogP contribution >= 0.6 is 0 Å². The zero-order valence-electron chi connectivity index (χ0n) is 15.0. The van der Waals surface area contributed by atoms with Crippen LogP contribution in [0.25, 0.3) is 0 Å². The van der Waals surface area contributed by atoms with Gasteiger partial charge in [0.1, 0.15) is 5.75 Å². The summed E-state index contributed by atoms with van der Waals surface area (Å²) >= 11 is 0. The normalized spacial score (nSPS) is 20.9. The lowest BCUT2D eigenvalue weighted by molar-refractivity contribution is -0.120. The van der Waals surface area contributed by atoms with Crippen LogP contribution in [-0.4, -0.2) is 40.1 Å². The van der Waals surface area contributed by atoms with E-state index in [4.69, 9.17) is 4.74 Å². The standard InChI is InChI=1S/C17H27N3O4S/c1-4-17(21)19-11-13-10-15(5-6-16(13)24-3)25(22,23)20-14-7-8-18-12(2)9-14/h5-6,10,12,14,18,20H,4,7-9,11H2,1-3H3,(H,19,21). The molecule has 0 aliphatic carbocycles. The minimum Gasteiger partial charge on any atom is -0.496 e. The van der Waals surface area contributed by atoms with Crippen LogP contribution in [0.3, 0.4) is 0 Å². The molecule has 0 radical (unpaired) electrons. The lowest BCUT2D eigenvalue weighted by atomic mass is 10.0. The molecular formula is C17H27N3O4S. The zero-order valence-corrected chi connectivity index (χ0v) is 15.8. The summed E-state index contributed by atoms with van der Waals surface area (Å²) in [6.07, 6.45) is 1.89. The first kappa shape index (κ1) is 19.7. The Labute approximate surface area is 149 Å². The molecule has 1 aliphatic rings. The van der Waals surface area contributed by atoms with Crippen molar-refractivity contribution >= 4 is 15.9 Å². The molecule has 0 spiro atoms. The third kappa shape index (κ3) is 5.42. The summed E-state index contributed by atoms with van der Waals surface area (Å²) in [4.78, 5) is 11.7. The maximum atomic E-state index is 12.7. The van der Waals surface area contributed by atoms with E-state index in [-0.39, 0.29) is 29.4 Å². The Bertz CT molecular complexity index is 706. The topological polar surface area (TPSA) is 96.5 Å². The molecule has 0 saturated carbocycles. The van der Waals surface area contributed by atoms with E-state index < -0.39 is 10.0 Å². The van der Waals surface area contributed by atoms with E-state index in [9.17, 15) is 13.2 Å². The van der Waals surface area contributed by atoms with Crippen LogP contribution in [-0.2, 0) is 21.4 Å². The molecule has 2 atom stereocenters. The molecule has 1 fully saturated rings. The Morgan fingerprint density at radius 1 is 1.40 bits per heavy atom. The highest BCUT2D eigenvalue weighted by atomic mass is 32.2. The van der Waals surface area contributed by atoms with Crippen LogP contribution < -0.4 is 20.1 Å². The van der Waals surface area contributed by atoms with Gasteiger partial charge in [0, 0.05) is 30.6 Å². The monoisotopic (exact) mass is 369 g/mol. The maximum Gasteiger partial charge on any atom is 0.240 e. The zero-order chi connectivity index (χ0) is 18.4. The second kappa shape index (κ2) is 8.64. The molecule has 1 amide bonds. The quantitative estimate of drug-likeness (QED) is 0.670. The summed E-state index contributed by atoms with van der Waals surface area (Å²) in [6, 6.07) is 4.91. The largest absolute Gasteiger partial charge is 0.496 e. The molecule has 140 valence electrons. The van der Waals surface area contributed by atoms with Gasteiger partial charge in [-0.2, -0.15) is 0 Å². The van der Waals surface area contributed by atoms with Gasteiger partial charge in [-0.3, -0.25) is 4.79 Å². The molecule has 1 aliphatic heterocycles. The lowest BCUT2D eigenvalue weighted by Crippen LogP contribution is -2.46. The van der Waals surface area contributed by atoms with Gasteiger partial charge in [0.05, 0.1) is 12.0 Å². The number of ether oxygens (including phenoxy) is 1. The molecule has 1 heterocycles. The number of amides is 1. The second-order valence-electron chi connectivity index (χ2n) is 6.30. The highest BCUT2D eigenvalue weighted by Crippen LogP contribution is 2.23. The van der Waals surface area contributed by atoms with Crippen LogP contribution in [0.1, 0.15) is 38.7 Å². The summed E-state index contributed by atoms with van der Waals surface area (Å²) in [7, 11) is -2.10. The van der Waals surface area contributed by atoms with E-state index >= 15 is 0 Å². The van der Waals surface area contributed by atoms with Crippen molar-refractivity contribution in [2.75, 3.05) is 13.7 Å². The molecule has 1 aromatic rings. The minimum absolute atomic E-state index is 0.0772. The Morgan fingerprint density at radius 3 is 2.80 bits per heavy atom. The predicted molar refractivity (Wildman–Crippen MR) is 95.9 cm³/mol. The summed E-state index contributed by atoms with van der Waals surface area (Å²) in [5, 5.41) is 6.05. The summed E-state index contributed by atoms with van der Waals surface area (Å²) in [5.41, 5.74) is 0.630. The summed E-state index contributed by atoms with van der Waals surface area (Å²) in [6.45, 7) is 4.83. The van der Waals surface area contributed by atoms with Crippen LogP contribution in [0.15, 0.2) is 23.1 Å². The van der Waals surface area contributed by atoms with Crippen molar-refractivity contribution in [2.24, 2.45) is 0 Å². The number of hydrogen-bond acceptors (Lipinski definition) is 5. The van der Waals surface area contributed by atoms with Gasteiger partial charge >= 0.3 is 0 Å². The second-order valence-corrected chi connectivity index (χ2v) is 8.02. The predicted octanol–water partition coefficient (Wildman–Crippen LogP) is 1.14. The fourth-order valence-corrected chi connectivity index (χ4v) is 4.24.